The summed E-state index contributed by atoms with van der Waals surface area (Å²) in [5, 5.41) is 7.23. The van der Waals surface area contributed by atoms with Crippen molar-refractivity contribution >= 4 is 17.5 Å². The number of aromatic nitrogens is 2. The number of nitrogens with one attached hydrogen (secondary N) is 1. The smallest absolute Gasteiger partial charge is 0.261 e. The van der Waals surface area contributed by atoms with E-state index in [0.717, 1.165) is 5.56 Å². The molecule has 1 N–H and O–H groups in total. The molecule has 1 atom stereocenters. The standard InChI is InChI=1S/C19H18ClN3O3/c1-2-16(25-15-10-6-9-14(20)11-15)19(24)21-12-17-22-18(23-26-17)13-7-4-3-5-8-13/h3-11,16H,2,12H2,1H3,(H,21,24). The normalized spacial score (nSPS) is 11.8. The van der Waals surface area contributed by atoms with E-state index >= 15 is 0 Å². The summed E-state index contributed by atoms with van der Waals surface area (Å²) >= 11 is 5.94. The van der Waals surface area contributed by atoms with Crippen LogP contribution >= 0.6 is 11.6 Å². The predicted octanol–water partition coefficient (Wildman–Crippen LogP) is 3.86. The van der Waals surface area contributed by atoms with Crippen LogP contribution in [0.5, 0.6) is 5.75 Å². The zero-order valence-electron chi connectivity index (χ0n) is 14.2. The fourth-order valence-electron chi connectivity index (χ4n) is 2.33. The van der Waals surface area contributed by atoms with Gasteiger partial charge in [-0.25, -0.2) is 0 Å². The molecule has 0 aliphatic carbocycles. The lowest BCUT2D eigenvalue weighted by Crippen LogP contribution is -2.37. The van der Waals surface area contributed by atoms with Gasteiger partial charge in [-0.3, -0.25) is 4.79 Å². The number of carbonyl (C=O) groups excluding carboxylic acids is 1. The number of hydrogen-bond donors (Lipinski definition) is 1. The van der Waals surface area contributed by atoms with Gasteiger partial charge in [-0.1, -0.05) is 60.1 Å². The van der Waals surface area contributed by atoms with Gasteiger partial charge in [0.15, 0.2) is 6.10 Å². The molecule has 7 heteroatoms. The number of carbonyl (C=O) groups is 1. The van der Waals surface area contributed by atoms with E-state index in [1.165, 1.54) is 0 Å². The number of benzene rings is 2. The Morgan fingerprint density at radius 3 is 2.77 bits per heavy atom. The molecule has 0 spiro atoms. The van der Waals surface area contributed by atoms with Crippen molar-refractivity contribution in [3.05, 3.63) is 65.5 Å². The molecule has 0 saturated heterocycles. The van der Waals surface area contributed by atoms with Crippen LogP contribution in [0, 0.1) is 0 Å². The Labute approximate surface area is 156 Å². The number of amides is 1. The fraction of sp³-hybridized carbons (Fsp3) is 0.211. The molecule has 6 nitrogen and oxygen atoms in total. The molecule has 134 valence electrons. The molecule has 0 saturated carbocycles. The molecular weight excluding hydrogens is 354 g/mol. The molecule has 1 unspecified atom stereocenters. The van der Waals surface area contributed by atoms with Crippen molar-refractivity contribution in [1.82, 2.24) is 15.5 Å². The highest BCUT2D eigenvalue weighted by Crippen LogP contribution is 2.19. The molecule has 26 heavy (non-hydrogen) atoms. The largest absolute Gasteiger partial charge is 0.481 e. The maximum atomic E-state index is 12.4. The summed E-state index contributed by atoms with van der Waals surface area (Å²) in [6.45, 7) is 2.00. The van der Waals surface area contributed by atoms with Crippen LogP contribution in [0.3, 0.4) is 0 Å². The highest BCUT2D eigenvalue weighted by Gasteiger charge is 2.19. The summed E-state index contributed by atoms with van der Waals surface area (Å²) in [6, 6.07) is 16.4. The Bertz CT molecular complexity index is 867. The zero-order valence-corrected chi connectivity index (χ0v) is 14.9. The molecule has 3 aromatic rings. The Morgan fingerprint density at radius 2 is 2.04 bits per heavy atom. The molecule has 0 bridgehead atoms. The predicted molar refractivity (Wildman–Crippen MR) is 97.7 cm³/mol. The molecule has 0 aliphatic rings. The number of hydrogen-bond acceptors (Lipinski definition) is 5. The van der Waals surface area contributed by atoms with E-state index in [1.807, 2.05) is 37.3 Å². The number of ether oxygens (including phenoxy) is 1. The first-order chi connectivity index (χ1) is 12.7. The van der Waals surface area contributed by atoms with Crippen LogP contribution in [0.15, 0.2) is 59.1 Å². The van der Waals surface area contributed by atoms with Crippen molar-refractivity contribution in [3.63, 3.8) is 0 Å². The van der Waals surface area contributed by atoms with E-state index in [-0.39, 0.29) is 12.5 Å². The highest BCUT2D eigenvalue weighted by atomic mass is 35.5. The van der Waals surface area contributed by atoms with Crippen LogP contribution < -0.4 is 10.1 Å². The van der Waals surface area contributed by atoms with Gasteiger partial charge in [0.25, 0.3) is 5.91 Å². The molecular formula is C19H18ClN3O3. The van der Waals surface area contributed by atoms with Gasteiger partial charge in [-0.2, -0.15) is 4.98 Å². The second kappa shape index (κ2) is 8.49. The number of halogens is 1. The van der Waals surface area contributed by atoms with Gasteiger partial charge in [-0.05, 0) is 24.6 Å². The third-order valence-corrected chi connectivity index (χ3v) is 3.89. The minimum atomic E-state index is -0.634. The summed E-state index contributed by atoms with van der Waals surface area (Å²) in [6.07, 6.45) is -0.123. The zero-order chi connectivity index (χ0) is 18.4. The monoisotopic (exact) mass is 371 g/mol. The van der Waals surface area contributed by atoms with Gasteiger partial charge < -0.3 is 14.6 Å². The maximum absolute atomic E-state index is 12.4. The average molecular weight is 372 g/mol. The SMILES string of the molecule is CCC(Oc1cccc(Cl)c1)C(=O)NCc1nc(-c2ccccc2)no1. The molecule has 0 radical (unpaired) electrons. The van der Waals surface area contributed by atoms with Crippen LogP contribution in [0.4, 0.5) is 0 Å². The van der Waals surface area contributed by atoms with Crippen molar-refractivity contribution in [2.45, 2.75) is 26.0 Å². The second-order valence-corrected chi connectivity index (χ2v) is 6.00. The van der Waals surface area contributed by atoms with E-state index in [9.17, 15) is 4.79 Å². The third kappa shape index (κ3) is 4.61. The number of nitrogens with zero attached hydrogens (tertiary/aromatic N) is 2. The summed E-state index contributed by atoms with van der Waals surface area (Å²) in [5.41, 5.74) is 0.851. The second-order valence-electron chi connectivity index (χ2n) is 5.57. The lowest BCUT2D eigenvalue weighted by Gasteiger charge is -2.16. The quantitative estimate of drug-likeness (QED) is 0.682. The minimum Gasteiger partial charge on any atom is -0.481 e. The number of rotatable bonds is 7. The third-order valence-electron chi connectivity index (χ3n) is 3.65. The van der Waals surface area contributed by atoms with Gasteiger partial charge in [0.1, 0.15) is 5.75 Å². The molecule has 0 aliphatic heterocycles. The summed E-state index contributed by atoms with van der Waals surface area (Å²) in [4.78, 5) is 16.6. The van der Waals surface area contributed by atoms with Gasteiger partial charge in [0, 0.05) is 10.6 Å². The maximum Gasteiger partial charge on any atom is 0.261 e. The topological polar surface area (TPSA) is 77.2 Å². The molecule has 1 heterocycles. The summed E-state index contributed by atoms with van der Waals surface area (Å²) in [7, 11) is 0. The van der Waals surface area contributed by atoms with Crippen molar-refractivity contribution in [2.24, 2.45) is 0 Å². The van der Waals surface area contributed by atoms with Gasteiger partial charge in [-0.15, -0.1) is 0 Å². The fourth-order valence-corrected chi connectivity index (χ4v) is 2.51. The van der Waals surface area contributed by atoms with Crippen LogP contribution in [-0.4, -0.2) is 22.2 Å². The lowest BCUT2D eigenvalue weighted by atomic mass is 10.2. The first-order valence-electron chi connectivity index (χ1n) is 8.23. The van der Waals surface area contributed by atoms with E-state index in [0.29, 0.717) is 28.9 Å². The van der Waals surface area contributed by atoms with Crippen molar-refractivity contribution in [2.75, 3.05) is 0 Å². The highest BCUT2D eigenvalue weighted by molar-refractivity contribution is 6.30. The first-order valence-corrected chi connectivity index (χ1v) is 8.61. The van der Waals surface area contributed by atoms with Crippen LogP contribution in [0.2, 0.25) is 5.02 Å². The van der Waals surface area contributed by atoms with E-state index in [4.69, 9.17) is 20.9 Å². The Hall–Kier alpha value is -2.86. The van der Waals surface area contributed by atoms with Crippen molar-refractivity contribution in [3.8, 4) is 17.1 Å². The lowest BCUT2D eigenvalue weighted by molar-refractivity contribution is -0.128. The van der Waals surface area contributed by atoms with E-state index in [1.54, 1.807) is 24.3 Å². The Balaban J connectivity index is 1.58. The Kier molecular flexibility index (Phi) is 5.86. The van der Waals surface area contributed by atoms with Crippen LogP contribution in [0.1, 0.15) is 19.2 Å². The molecule has 1 amide bonds. The van der Waals surface area contributed by atoms with Gasteiger partial charge >= 0.3 is 0 Å². The van der Waals surface area contributed by atoms with Gasteiger partial charge in [0.2, 0.25) is 11.7 Å². The van der Waals surface area contributed by atoms with Crippen LogP contribution in [0.25, 0.3) is 11.4 Å². The average Bonchev–Trinajstić information content (AvgIpc) is 3.14. The van der Waals surface area contributed by atoms with Crippen LogP contribution in [-0.2, 0) is 11.3 Å². The molecule has 2 aromatic carbocycles. The Morgan fingerprint density at radius 1 is 1.23 bits per heavy atom. The van der Waals surface area contributed by atoms with Gasteiger partial charge in [0.05, 0.1) is 6.54 Å². The minimum absolute atomic E-state index is 0.133. The summed E-state index contributed by atoms with van der Waals surface area (Å²) < 4.78 is 10.9. The van der Waals surface area contributed by atoms with E-state index < -0.39 is 6.10 Å². The molecule has 0 fully saturated rings. The first kappa shape index (κ1) is 17.9. The van der Waals surface area contributed by atoms with Crippen molar-refractivity contribution < 1.29 is 14.1 Å². The van der Waals surface area contributed by atoms with Crippen molar-refractivity contribution in [1.29, 1.82) is 0 Å². The summed E-state index contributed by atoms with van der Waals surface area (Å²) in [5.74, 6) is 1.10. The molecule has 1 aromatic heterocycles. The molecule has 3 rings (SSSR count). The van der Waals surface area contributed by atoms with E-state index in [2.05, 4.69) is 15.5 Å².